The van der Waals surface area contributed by atoms with Crippen molar-refractivity contribution in [2.45, 2.75) is 80.6 Å². The maximum absolute atomic E-state index is 13.6. The number of nitrogens with one attached hydrogen (secondary N) is 4. The molecule has 14 nitrogen and oxygen atoms in total. The van der Waals surface area contributed by atoms with Gasteiger partial charge in [-0.3, -0.25) is 19.2 Å². The Hall–Kier alpha value is -4.15. The molecule has 0 aromatic heterocycles. The summed E-state index contributed by atoms with van der Waals surface area (Å²) in [6.45, 7) is 7.39. The van der Waals surface area contributed by atoms with E-state index in [-0.39, 0.29) is 12.0 Å². The summed E-state index contributed by atoms with van der Waals surface area (Å²) in [6, 6.07) is 5.49. The van der Waals surface area contributed by atoms with Crippen molar-refractivity contribution in [3.05, 3.63) is 53.6 Å². The number of benzene rings is 2. The van der Waals surface area contributed by atoms with Crippen molar-refractivity contribution in [3.63, 3.8) is 0 Å². The second-order valence-corrected chi connectivity index (χ2v) is 15.8. The first kappa shape index (κ1) is 37.3. The van der Waals surface area contributed by atoms with E-state index < -0.39 is 93.0 Å². The first-order valence-corrected chi connectivity index (χ1v) is 16.8. The first-order valence-electron chi connectivity index (χ1n) is 14.7. The van der Waals surface area contributed by atoms with Crippen LogP contribution in [0.1, 0.15) is 51.7 Å². The van der Waals surface area contributed by atoms with Gasteiger partial charge in [0.25, 0.3) is 0 Å². The van der Waals surface area contributed by atoms with E-state index in [4.69, 9.17) is 5.73 Å². The van der Waals surface area contributed by atoms with Gasteiger partial charge in [-0.15, -0.1) is 0 Å². The molecule has 1 aliphatic heterocycles. The zero-order chi connectivity index (χ0) is 35.3. The van der Waals surface area contributed by atoms with Crippen molar-refractivity contribution in [1.29, 1.82) is 0 Å². The lowest BCUT2D eigenvalue weighted by Crippen LogP contribution is -2.62. The van der Waals surface area contributed by atoms with Gasteiger partial charge >= 0.3 is 5.97 Å². The van der Waals surface area contributed by atoms with Crippen molar-refractivity contribution in [1.82, 2.24) is 21.3 Å². The summed E-state index contributed by atoms with van der Waals surface area (Å²) in [6.07, 6.45) is 0.0505. The molecular formula is C31H41N5O9S2. The predicted molar refractivity (Wildman–Crippen MR) is 178 cm³/mol. The van der Waals surface area contributed by atoms with Crippen LogP contribution in [-0.2, 0) is 30.4 Å². The van der Waals surface area contributed by atoms with Crippen molar-refractivity contribution in [2.75, 3.05) is 6.54 Å². The maximum Gasteiger partial charge on any atom is 0.327 e. The summed E-state index contributed by atoms with van der Waals surface area (Å²) in [5.41, 5.74) is 6.85. The third-order valence-electron chi connectivity index (χ3n) is 7.72. The summed E-state index contributed by atoms with van der Waals surface area (Å²) in [7, 11) is 2.18. The van der Waals surface area contributed by atoms with Crippen LogP contribution in [0.2, 0.25) is 0 Å². The highest BCUT2D eigenvalue weighted by Gasteiger charge is 2.44. The number of rotatable bonds is 7. The van der Waals surface area contributed by atoms with Crippen molar-refractivity contribution >= 4 is 51.2 Å². The molecule has 3 rings (SSSR count). The molecule has 0 radical (unpaired) electrons. The number of aromatic hydroxyl groups is 3. The Morgan fingerprint density at radius 3 is 2.11 bits per heavy atom. The van der Waals surface area contributed by atoms with Gasteiger partial charge in [-0.2, -0.15) is 0 Å². The van der Waals surface area contributed by atoms with Crippen LogP contribution in [-0.4, -0.2) is 90.2 Å². The van der Waals surface area contributed by atoms with E-state index in [1.807, 2.05) is 0 Å². The van der Waals surface area contributed by atoms with Crippen LogP contribution in [0.25, 0.3) is 0 Å². The summed E-state index contributed by atoms with van der Waals surface area (Å²) >= 11 is 0. The highest BCUT2D eigenvalue weighted by Crippen LogP contribution is 2.47. The fourth-order valence-corrected chi connectivity index (χ4v) is 7.75. The first-order chi connectivity index (χ1) is 21.8. The molecule has 1 heterocycles. The fraction of sp³-hybridized carbons (Fsp3) is 0.452. The van der Waals surface area contributed by atoms with Crippen molar-refractivity contribution < 1.29 is 44.4 Å². The minimum atomic E-state index is -1.41. The monoisotopic (exact) mass is 691 g/mol. The summed E-state index contributed by atoms with van der Waals surface area (Å²) < 4.78 is -2.32. The molecule has 0 bridgehead atoms. The van der Waals surface area contributed by atoms with Crippen LogP contribution >= 0.6 is 21.6 Å². The second kappa shape index (κ2) is 15.2. The average Bonchev–Trinajstić information content (AvgIpc) is 2.98. The van der Waals surface area contributed by atoms with Crippen LogP contribution < -0.4 is 27.0 Å². The Balaban J connectivity index is 1.93. The predicted octanol–water partition coefficient (Wildman–Crippen LogP) is 1.08. The maximum atomic E-state index is 13.6. The largest absolute Gasteiger partial charge is 0.508 e. The van der Waals surface area contributed by atoms with Gasteiger partial charge in [0, 0.05) is 34.8 Å². The molecule has 1 aliphatic rings. The molecule has 2 aromatic carbocycles. The number of hydrogen-bond donors (Lipinski definition) is 9. The van der Waals surface area contributed by atoms with Gasteiger partial charge in [0.05, 0.1) is 17.3 Å². The lowest BCUT2D eigenvalue weighted by molar-refractivity contribution is -0.143. The normalized spacial score (nSPS) is 23.2. The lowest BCUT2D eigenvalue weighted by Gasteiger charge is -2.38. The number of nitrogens with two attached hydrogens (primary N) is 1. The number of carboxylic acid groups (broad SMARTS) is 1. The van der Waals surface area contributed by atoms with Gasteiger partial charge < -0.3 is 47.4 Å². The number of amides is 4. The van der Waals surface area contributed by atoms with E-state index in [1.54, 1.807) is 58.0 Å². The average molecular weight is 692 g/mol. The zero-order valence-corrected chi connectivity index (χ0v) is 28.2. The minimum Gasteiger partial charge on any atom is -0.508 e. The van der Waals surface area contributed by atoms with Gasteiger partial charge in [-0.1, -0.05) is 58.8 Å². The highest BCUT2D eigenvalue weighted by atomic mass is 33.1. The Bertz CT molecular complexity index is 1480. The zero-order valence-electron chi connectivity index (χ0n) is 26.6. The molecule has 1 saturated heterocycles. The van der Waals surface area contributed by atoms with E-state index >= 15 is 0 Å². The van der Waals surface area contributed by atoms with Gasteiger partial charge in [0.2, 0.25) is 23.6 Å². The van der Waals surface area contributed by atoms with Crippen LogP contribution in [0.5, 0.6) is 17.2 Å². The summed E-state index contributed by atoms with van der Waals surface area (Å²) in [5, 5.41) is 50.7. The number of carbonyl (C=O) groups is 5. The second-order valence-electron chi connectivity index (χ2n) is 12.3. The van der Waals surface area contributed by atoms with Crippen LogP contribution in [0.15, 0.2) is 42.5 Å². The van der Waals surface area contributed by atoms with Crippen LogP contribution in [0, 0.1) is 0 Å². The molecular weight excluding hydrogens is 651 g/mol. The molecule has 1 unspecified atom stereocenters. The van der Waals surface area contributed by atoms with E-state index in [9.17, 15) is 44.4 Å². The fourth-order valence-electron chi connectivity index (χ4n) is 4.94. The molecule has 0 spiro atoms. The number of hydrogen-bond acceptors (Lipinski definition) is 11. The number of phenolic OH excluding ortho intramolecular Hbond substituents is 3. The van der Waals surface area contributed by atoms with E-state index in [0.717, 1.165) is 33.7 Å². The molecule has 256 valence electrons. The van der Waals surface area contributed by atoms with Gasteiger partial charge in [-0.05, 0) is 33.3 Å². The number of carbonyl (C=O) groups excluding carboxylic acids is 4. The van der Waals surface area contributed by atoms with E-state index in [1.165, 1.54) is 6.92 Å². The Morgan fingerprint density at radius 1 is 0.957 bits per heavy atom. The van der Waals surface area contributed by atoms with Crippen molar-refractivity contribution in [2.24, 2.45) is 5.73 Å². The van der Waals surface area contributed by atoms with Crippen LogP contribution in [0.3, 0.4) is 0 Å². The quantitative estimate of drug-likeness (QED) is 0.185. The third kappa shape index (κ3) is 9.45. The highest BCUT2D eigenvalue weighted by molar-refractivity contribution is 8.77. The molecule has 10 N–H and O–H groups in total. The van der Waals surface area contributed by atoms with Crippen LogP contribution in [0.4, 0.5) is 0 Å². The molecule has 1 fully saturated rings. The number of phenols is 3. The standard InChI is InChI=1S/C31H41N5O9S2/c1-15(22-19(38)12-17(37)13-20(22)39)23(32)27(42)35-24-28(43)33-14-21(40)34-18(11-16-9-7-6-8-10-16)26(41)36-25(29(44)45)31(4,5)47-46-30(24,2)3/h6-10,12-13,15,18,23-25,37-39H,11,14,32H2,1-5H3,(H,33,43)(H,34,40)(H,35,42)(H,36,41)(H,44,45)/t15-,18+,23-,24?,25+/m1/s1. The molecule has 0 saturated carbocycles. The van der Waals surface area contributed by atoms with E-state index in [2.05, 4.69) is 21.3 Å². The molecule has 0 aliphatic carbocycles. The lowest BCUT2D eigenvalue weighted by atomic mass is 9.91. The Morgan fingerprint density at radius 2 is 1.53 bits per heavy atom. The number of aliphatic carboxylic acids is 1. The Kier molecular flexibility index (Phi) is 12.0. The number of carboxylic acids is 1. The smallest absolute Gasteiger partial charge is 0.327 e. The van der Waals surface area contributed by atoms with Gasteiger partial charge in [-0.25, -0.2) is 4.79 Å². The molecule has 16 heteroatoms. The minimum absolute atomic E-state index is 0.0505. The third-order valence-corrected chi connectivity index (χ3v) is 12.0. The summed E-state index contributed by atoms with van der Waals surface area (Å²) in [4.78, 5) is 65.9. The topological polar surface area (TPSA) is 240 Å². The van der Waals surface area contributed by atoms with Gasteiger partial charge in [0.1, 0.15) is 35.4 Å². The molecule has 4 amide bonds. The molecule has 5 atom stereocenters. The Labute approximate surface area is 280 Å². The summed E-state index contributed by atoms with van der Waals surface area (Å²) in [5.74, 6) is -6.68. The molecule has 47 heavy (non-hydrogen) atoms. The SMILES string of the molecule is C[C@H](c1c(O)cc(O)cc1O)[C@@H](N)C(=O)NC1C(=O)NCC(=O)N[C@@H](Cc2ccccc2)C(=O)N[C@@H](C(=O)O)C(C)(C)SSC1(C)C. The van der Waals surface area contributed by atoms with E-state index in [0.29, 0.717) is 5.56 Å². The van der Waals surface area contributed by atoms with Crippen molar-refractivity contribution in [3.8, 4) is 17.2 Å². The molecule has 2 aromatic rings. The van der Waals surface area contributed by atoms with Gasteiger partial charge in [0.15, 0.2) is 0 Å².